The first-order chi connectivity index (χ1) is 7.39. The number of hydrogen-bond acceptors (Lipinski definition) is 3. The Labute approximate surface area is 105 Å². The van der Waals surface area contributed by atoms with Gasteiger partial charge in [0.1, 0.15) is 0 Å². The van der Waals surface area contributed by atoms with E-state index in [4.69, 9.17) is 28.9 Å². The molecule has 16 heavy (non-hydrogen) atoms. The van der Waals surface area contributed by atoms with Crippen molar-refractivity contribution in [1.29, 1.82) is 0 Å². The van der Waals surface area contributed by atoms with Crippen LogP contribution < -0.4 is 10.6 Å². The third kappa shape index (κ3) is 2.21. The van der Waals surface area contributed by atoms with E-state index < -0.39 is 5.60 Å². The summed E-state index contributed by atoms with van der Waals surface area (Å²) in [5, 5.41) is 11.0. The summed E-state index contributed by atoms with van der Waals surface area (Å²) >= 11 is 12.2. The van der Waals surface area contributed by atoms with Crippen molar-refractivity contribution in [3.05, 3.63) is 22.2 Å². The summed E-state index contributed by atoms with van der Waals surface area (Å²) in [6, 6.07) is 3.35. The Hall–Kier alpha value is -0.640. The molecule has 3 nitrogen and oxygen atoms in total. The summed E-state index contributed by atoms with van der Waals surface area (Å²) in [6.45, 7) is 3.10. The number of hydrogen-bond donors (Lipinski definition) is 2. The van der Waals surface area contributed by atoms with Crippen LogP contribution in [0.25, 0.3) is 0 Å². The lowest BCUT2D eigenvalue weighted by Gasteiger charge is -2.23. The molecule has 1 fully saturated rings. The predicted molar refractivity (Wildman–Crippen MR) is 68.3 cm³/mol. The number of anilines is 2. The van der Waals surface area contributed by atoms with Gasteiger partial charge in [0.05, 0.1) is 21.3 Å². The van der Waals surface area contributed by atoms with E-state index in [1.54, 1.807) is 12.1 Å². The predicted octanol–water partition coefficient (Wildman–Crippen LogP) is 2.54. The highest BCUT2D eigenvalue weighted by molar-refractivity contribution is 6.39. The summed E-state index contributed by atoms with van der Waals surface area (Å²) in [7, 11) is 0. The quantitative estimate of drug-likeness (QED) is 0.764. The van der Waals surface area contributed by atoms with Gasteiger partial charge >= 0.3 is 0 Å². The topological polar surface area (TPSA) is 49.5 Å². The third-order valence-electron chi connectivity index (χ3n) is 2.81. The number of benzene rings is 1. The number of nitrogens with zero attached hydrogens (tertiary/aromatic N) is 1. The molecular formula is C11H14Cl2N2O. The van der Waals surface area contributed by atoms with Crippen molar-refractivity contribution in [1.82, 2.24) is 0 Å². The molecule has 0 radical (unpaired) electrons. The van der Waals surface area contributed by atoms with Gasteiger partial charge < -0.3 is 15.7 Å². The van der Waals surface area contributed by atoms with Crippen LogP contribution in [0.3, 0.4) is 0 Å². The molecule has 1 aliphatic rings. The maximum absolute atomic E-state index is 9.91. The highest BCUT2D eigenvalue weighted by atomic mass is 35.5. The van der Waals surface area contributed by atoms with Crippen molar-refractivity contribution in [2.45, 2.75) is 18.9 Å². The van der Waals surface area contributed by atoms with E-state index in [0.717, 1.165) is 12.2 Å². The molecule has 2 rings (SSSR count). The molecule has 1 aromatic rings. The number of halogens is 2. The fourth-order valence-corrected chi connectivity index (χ4v) is 2.77. The van der Waals surface area contributed by atoms with Gasteiger partial charge in [-0.3, -0.25) is 0 Å². The van der Waals surface area contributed by atoms with Gasteiger partial charge in [-0.25, -0.2) is 0 Å². The zero-order valence-corrected chi connectivity index (χ0v) is 10.5. The molecule has 3 N–H and O–H groups in total. The number of rotatable bonds is 1. The second kappa shape index (κ2) is 3.99. The van der Waals surface area contributed by atoms with Crippen LogP contribution in [0, 0.1) is 0 Å². The van der Waals surface area contributed by atoms with E-state index >= 15 is 0 Å². The van der Waals surface area contributed by atoms with Crippen LogP contribution in [0.15, 0.2) is 12.1 Å². The summed E-state index contributed by atoms with van der Waals surface area (Å²) < 4.78 is 0. The summed E-state index contributed by atoms with van der Waals surface area (Å²) in [6.07, 6.45) is 0.712. The lowest BCUT2D eigenvalue weighted by molar-refractivity contribution is 0.0839. The zero-order chi connectivity index (χ0) is 11.9. The first kappa shape index (κ1) is 11.8. The Kier molecular flexibility index (Phi) is 2.95. The highest BCUT2D eigenvalue weighted by Gasteiger charge is 2.33. The van der Waals surface area contributed by atoms with Crippen molar-refractivity contribution in [3.8, 4) is 0 Å². The van der Waals surface area contributed by atoms with Gasteiger partial charge in [0.2, 0.25) is 0 Å². The number of aliphatic hydroxyl groups is 1. The second-order valence-corrected chi connectivity index (χ2v) is 5.32. The SMILES string of the molecule is CC1(O)CCN(c2c(Cl)cc(N)cc2Cl)C1. The van der Waals surface area contributed by atoms with Gasteiger partial charge in [-0.15, -0.1) is 0 Å². The van der Waals surface area contributed by atoms with Crippen LogP contribution in [0.2, 0.25) is 10.0 Å². The molecule has 0 spiro atoms. The lowest BCUT2D eigenvalue weighted by Crippen LogP contribution is -2.29. The molecule has 1 unspecified atom stereocenters. The van der Waals surface area contributed by atoms with Crippen molar-refractivity contribution in [3.63, 3.8) is 0 Å². The largest absolute Gasteiger partial charge is 0.399 e. The van der Waals surface area contributed by atoms with Gasteiger partial charge in [0, 0.05) is 18.8 Å². The molecule has 5 heteroatoms. The summed E-state index contributed by atoms with van der Waals surface area (Å²) in [5.74, 6) is 0. The molecule has 1 heterocycles. The number of nitrogens with two attached hydrogens (primary N) is 1. The Morgan fingerprint density at radius 1 is 1.38 bits per heavy atom. The van der Waals surface area contributed by atoms with E-state index in [1.807, 2.05) is 11.8 Å². The smallest absolute Gasteiger partial charge is 0.0810 e. The van der Waals surface area contributed by atoms with Gasteiger partial charge in [0.15, 0.2) is 0 Å². The Morgan fingerprint density at radius 3 is 2.38 bits per heavy atom. The molecule has 0 aromatic heterocycles. The van der Waals surface area contributed by atoms with Crippen LogP contribution in [-0.4, -0.2) is 23.8 Å². The normalized spacial score (nSPS) is 25.1. The van der Waals surface area contributed by atoms with Gasteiger partial charge in [-0.05, 0) is 25.5 Å². The van der Waals surface area contributed by atoms with Crippen molar-refractivity contribution in [2.75, 3.05) is 23.7 Å². The van der Waals surface area contributed by atoms with E-state index in [-0.39, 0.29) is 0 Å². The van der Waals surface area contributed by atoms with E-state index in [0.29, 0.717) is 28.7 Å². The molecule has 0 aliphatic carbocycles. The van der Waals surface area contributed by atoms with Gasteiger partial charge in [-0.2, -0.15) is 0 Å². The zero-order valence-electron chi connectivity index (χ0n) is 9.00. The molecule has 0 saturated carbocycles. The van der Waals surface area contributed by atoms with Crippen LogP contribution in [-0.2, 0) is 0 Å². The van der Waals surface area contributed by atoms with E-state index in [1.165, 1.54) is 0 Å². The minimum absolute atomic E-state index is 0.530. The molecule has 1 aromatic carbocycles. The monoisotopic (exact) mass is 260 g/mol. The van der Waals surface area contributed by atoms with Crippen LogP contribution >= 0.6 is 23.2 Å². The average molecular weight is 261 g/mol. The number of nitrogen functional groups attached to an aromatic ring is 1. The third-order valence-corrected chi connectivity index (χ3v) is 3.38. The number of β-amino-alcohol motifs (C(OH)–C–C–N with tert-alkyl or cyclic N) is 1. The second-order valence-electron chi connectivity index (χ2n) is 4.50. The van der Waals surface area contributed by atoms with Crippen molar-refractivity contribution < 1.29 is 5.11 Å². The molecule has 1 saturated heterocycles. The molecule has 0 bridgehead atoms. The molecule has 1 aliphatic heterocycles. The average Bonchev–Trinajstić information content (AvgIpc) is 2.44. The van der Waals surface area contributed by atoms with Gasteiger partial charge in [-0.1, -0.05) is 23.2 Å². The van der Waals surface area contributed by atoms with Crippen LogP contribution in [0.4, 0.5) is 11.4 Å². The summed E-state index contributed by atoms with van der Waals surface area (Å²) in [4.78, 5) is 1.99. The lowest BCUT2D eigenvalue weighted by atomic mass is 10.1. The van der Waals surface area contributed by atoms with Crippen LogP contribution in [0.5, 0.6) is 0 Å². The molecule has 88 valence electrons. The van der Waals surface area contributed by atoms with Crippen LogP contribution in [0.1, 0.15) is 13.3 Å². The first-order valence-electron chi connectivity index (χ1n) is 5.11. The minimum Gasteiger partial charge on any atom is -0.399 e. The van der Waals surface area contributed by atoms with Gasteiger partial charge in [0.25, 0.3) is 0 Å². The first-order valence-corrected chi connectivity index (χ1v) is 5.86. The Morgan fingerprint density at radius 2 is 1.94 bits per heavy atom. The maximum atomic E-state index is 9.91. The fraction of sp³-hybridized carbons (Fsp3) is 0.455. The molecular weight excluding hydrogens is 247 g/mol. The van der Waals surface area contributed by atoms with Crippen molar-refractivity contribution >= 4 is 34.6 Å². The standard InChI is InChI=1S/C11H14Cl2N2O/c1-11(16)2-3-15(6-11)10-8(12)4-7(14)5-9(10)13/h4-5,16H,2-3,6,14H2,1H3. The van der Waals surface area contributed by atoms with E-state index in [2.05, 4.69) is 0 Å². The van der Waals surface area contributed by atoms with E-state index in [9.17, 15) is 5.11 Å². The minimum atomic E-state index is -0.673. The highest BCUT2D eigenvalue weighted by Crippen LogP contribution is 2.38. The molecule has 1 atom stereocenters. The Bertz CT molecular complexity index is 397. The van der Waals surface area contributed by atoms with Crippen molar-refractivity contribution in [2.24, 2.45) is 0 Å². The summed E-state index contributed by atoms with van der Waals surface area (Å²) in [5.41, 5.74) is 6.28. The fourth-order valence-electron chi connectivity index (χ4n) is 2.02. The Balaban J connectivity index is 2.35. The molecule has 0 amide bonds. The maximum Gasteiger partial charge on any atom is 0.0810 e.